The SMILES string of the molecule is Nc1nccn2c(C3CCCN(C(=O)CC4CC4)C3)nc(Br)c12. The van der Waals surface area contributed by atoms with Crippen LogP contribution in [0.1, 0.15) is 43.8 Å². The van der Waals surface area contributed by atoms with Crippen molar-refractivity contribution in [3.05, 3.63) is 22.8 Å². The van der Waals surface area contributed by atoms with E-state index in [2.05, 4.69) is 25.9 Å². The number of hydrogen-bond donors (Lipinski definition) is 1. The number of hydrogen-bond acceptors (Lipinski definition) is 4. The summed E-state index contributed by atoms with van der Waals surface area (Å²) in [6.45, 7) is 1.62. The number of fused-ring (bicyclic) bond motifs is 1. The predicted octanol–water partition coefficient (Wildman–Crippen LogP) is 2.58. The van der Waals surface area contributed by atoms with E-state index in [4.69, 9.17) is 5.73 Å². The number of anilines is 1. The fourth-order valence-corrected chi connectivity index (χ4v) is 4.02. The molecule has 0 bridgehead atoms. The van der Waals surface area contributed by atoms with E-state index < -0.39 is 0 Å². The van der Waals surface area contributed by atoms with Crippen LogP contribution in [0.3, 0.4) is 0 Å². The third-order valence-corrected chi connectivity index (χ3v) is 5.42. The predicted molar refractivity (Wildman–Crippen MR) is 91.0 cm³/mol. The van der Waals surface area contributed by atoms with Gasteiger partial charge in [-0.15, -0.1) is 0 Å². The van der Waals surface area contributed by atoms with Crippen molar-refractivity contribution in [1.29, 1.82) is 0 Å². The van der Waals surface area contributed by atoms with Crippen LogP contribution >= 0.6 is 15.9 Å². The van der Waals surface area contributed by atoms with Crippen molar-refractivity contribution in [3.63, 3.8) is 0 Å². The molecular formula is C16H20BrN5O. The Kier molecular flexibility index (Phi) is 3.75. The van der Waals surface area contributed by atoms with Crippen LogP contribution in [0.2, 0.25) is 0 Å². The molecule has 1 saturated heterocycles. The van der Waals surface area contributed by atoms with Gasteiger partial charge in [-0.2, -0.15) is 0 Å². The molecule has 1 saturated carbocycles. The summed E-state index contributed by atoms with van der Waals surface area (Å²) in [6, 6.07) is 0. The van der Waals surface area contributed by atoms with Crippen LogP contribution in [-0.2, 0) is 4.79 Å². The Hall–Kier alpha value is -1.63. The highest BCUT2D eigenvalue weighted by atomic mass is 79.9. The molecule has 1 atom stereocenters. The fourth-order valence-electron chi connectivity index (χ4n) is 3.44. The minimum Gasteiger partial charge on any atom is -0.382 e. The Morgan fingerprint density at radius 1 is 1.39 bits per heavy atom. The number of likely N-dealkylation sites (tertiary alicyclic amines) is 1. The summed E-state index contributed by atoms with van der Waals surface area (Å²) in [5.74, 6) is 2.61. The van der Waals surface area contributed by atoms with Crippen LogP contribution in [0.5, 0.6) is 0 Å². The number of rotatable bonds is 3. The van der Waals surface area contributed by atoms with E-state index in [0.717, 1.165) is 48.3 Å². The van der Waals surface area contributed by atoms with Crippen LogP contribution in [0.15, 0.2) is 17.0 Å². The number of nitrogens with two attached hydrogens (primary N) is 1. The average Bonchev–Trinajstić information content (AvgIpc) is 3.29. The lowest BCUT2D eigenvalue weighted by Gasteiger charge is -2.32. The molecule has 4 rings (SSSR count). The molecule has 3 heterocycles. The number of nitrogen functional groups attached to an aromatic ring is 1. The van der Waals surface area contributed by atoms with Gasteiger partial charge in [-0.1, -0.05) is 0 Å². The summed E-state index contributed by atoms with van der Waals surface area (Å²) in [5, 5.41) is 0. The first-order valence-electron chi connectivity index (χ1n) is 8.19. The maximum Gasteiger partial charge on any atom is 0.222 e. The molecule has 2 aromatic rings. The fraction of sp³-hybridized carbons (Fsp3) is 0.562. The number of imidazole rings is 1. The molecule has 0 aromatic carbocycles. The normalized spacial score (nSPS) is 21.8. The van der Waals surface area contributed by atoms with Crippen molar-refractivity contribution >= 4 is 33.2 Å². The van der Waals surface area contributed by atoms with Crippen molar-refractivity contribution in [1.82, 2.24) is 19.3 Å². The molecule has 1 unspecified atom stereocenters. The smallest absolute Gasteiger partial charge is 0.222 e. The highest BCUT2D eigenvalue weighted by molar-refractivity contribution is 9.10. The van der Waals surface area contributed by atoms with Crippen molar-refractivity contribution in [2.24, 2.45) is 5.92 Å². The Morgan fingerprint density at radius 2 is 2.22 bits per heavy atom. The van der Waals surface area contributed by atoms with Gasteiger partial charge in [0.1, 0.15) is 15.9 Å². The first-order valence-corrected chi connectivity index (χ1v) is 8.98. The largest absolute Gasteiger partial charge is 0.382 e. The van der Waals surface area contributed by atoms with Crippen LogP contribution < -0.4 is 5.73 Å². The van der Waals surface area contributed by atoms with E-state index in [1.807, 2.05) is 15.5 Å². The monoisotopic (exact) mass is 377 g/mol. The maximum atomic E-state index is 12.4. The first kappa shape index (κ1) is 14.9. The molecular weight excluding hydrogens is 358 g/mol. The van der Waals surface area contributed by atoms with Gasteiger partial charge in [0, 0.05) is 37.8 Å². The zero-order valence-corrected chi connectivity index (χ0v) is 14.5. The second-order valence-electron chi connectivity index (χ2n) is 6.62. The number of nitrogens with zero attached hydrogens (tertiary/aromatic N) is 4. The van der Waals surface area contributed by atoms with Gasteiger partial charge in [-0.25, -0.2) is 9.97 Å². The zero-order chi connectivity index (χ0) is 16.0. The van der Waals surface area contributed by atoms with E-state index in [1.54, 1.807) is 6.20 Å². The molecule has 2 N–H and O–H groups in total. The quantitative estimate of drug-likeness (QED) is 0.891. The minimum absolute atomic E-state index is 0.243. The zero-order valence-electron chi connectivity index (χ0n) is 12.9. The van der Waals surface area contributed by atoms with Gasteiger partial charge in [0.05, 0.1) is 0 Å². The summed E-state index contributed by atoms with van der Waals surface area (Å²) >= 11 is 3.49. The second-order valence-corrected chi connectivity index (χ2v) is 7.37. The van der Waals surface area contributed by atoms with E-state index in [-0.39, 0.29) is 5.92 Å². The summed E-state index contributed by atoms with van der Waals surface area (Å²) < 4.78 is 2.73. The highest BCUT2D eigenvalue weighted by Crippen LogP contribution is 2.35. The molecule has 23 heavy (non-hydrogen) atoms. The molecule has 1 aliphatic carbocycles. The van der Waals surface area contributed by atoms with E-state index in [0.29, 0.717) is 17.6 Å². The van der Waals surface area contributed by atoms with Crippen LogP contribution in [0.4, 0.5) is 5.82 Å². The summed E-state index contributed by atoms with van der Waals surface area (Å²) in [6.07, 6.45) is 8.80. The molecule has 2 aromatic heterocycles. The molecule has 0 spiro atoms. The molecule has 1 amide bonds. The van der Waals surface area contributed by atoms with Gasteiger partial charge in [0.2, 0.25) is 5.91 Å². The van der Waals surface area contributed by atoms with Crippen molar-refractivity contribution in [3.8, 4) is 0 Å². The minimum atomic E-state index is 0.243. The number of halogens is 1. The summed E-state index contributed by atoms with van der Waals surface area (Å²) in [7, 11) is 0. The molecule has 0 radical (unpaired) electrons. The average molecular weight is 378 g/mol. The Labute approximate surface area is 143 Å². The maximum absolute atomic E-state index is 12.4. The molecule has 122 valence electrons. The number of piperidine rings is 1. The summed E-state index contributed by atoms with van der Waals surface area (Å²) in [5.41, 5.74) is 6.78. The Bertz CT molecular complexity index is 754. The molecule has 1 aliphatic heterocycles. The van der Waals surface area contributed by atoms with Crippen molar-refractivity contribution < 1.29 is 4.79 Å². The number of aromatic nitrogens is 3. The van der Waals surface area contributed by atoms with E-state index >= 15 is 0 Å². The lowest BCUT2D eigenvalue weighted by atomic mass is 9.96. The Balaban J connectivity index is 1.60. The van der Waals surface area contributed by atoms with Gasteiger partial charge in [-0.3, -0.25) is 9.20 Å². The summed E-state index contributed by atoms with van der Waals surface area (Å²) in [4.78, 5) is 23.2. The standard InChI is InChI=1S/C16H20BrN5O/c17-14-13-15(18)19-5-7-22(13)16(20-14)11-2-1-6-21(9-11)12(23)8-10-3-4-10/h5,7,10-11H,1-4,6,8-9H2,(H2,18,19). The second kappa shape index (κ2) is 5.78. The van der Waals surface area contributed by atoms with Crippen molar-refractivity contribution in [2.45, 2.75) is 38.0 Å². The number of carbonyl (C=O) groups excluding carboxylic acids is 1. The van der Waals surface area contributed by atoms with Crippen LogP contribution in [0, 0.1) is 5.92 Å². The molecule has 6 nitrogen and oxygen atoms in total. The topological polar surface area (TPSA) is 76.5 Å². The number of amides is 1. The molecule has 2 fully saturated rings. The van der Waals surface area contributed by atoms with Gasteiger partial charge >= 0.3 is 0 Å². The van der Waals surface area contributed by atoms with Crippen molar-refractivity contribution in [2.75, 3.05) is 18.8 Å². The first-order chi connectivity index (χ1) is 11.1. The highest BCUT2D eigenvalue weighted by Gasteiger charge is 2.31. The number of carbonyl (C=O) groups is 1. The van der Waals surface area contributed by atoms with Gasteiger partial charge in [-0.05, 0) is 47.5 Å². The third-order valence-electron chi connectivity index (χ3n) is 4.87. The Morgan fingerprint density at radius 3 is 3.00 bits per heavy atom. The lowest BCUT2D eigenvalue weighted by molar-refractivity contribution is -0.132. The van der Waals surface area contributed by atoms with E-state index in [9.17, 15) is 4.79 Å². The van der Waals surface area contributed by atoms with E-state index in [1.165, 1.54) is 12.8 Å². The van der Waals surface area contributed by atoms with Crippen LogP contribution in [0.25, 0.3) is 5.52 Å². The third kappa shape index (κ3) is 2.82. The van der Waals surface area contributed by atoms with Crippen LogP contribution in [-0.4, -0.2) is 38.3 Å². The van der Waals surface area contributed by atoms with Gasteiger partial charge in [0.15, 0.2) is 5.82 Å². The lowest BCUT2D eigenvalue weighted by Crippen LogP contribution is -2.39. The van der Waals surface area contributed by atoms with Gasteiger partial charge < -0.3 is 10.6 Å². The molecule has 7 heteroatoms. The van der Waals surface area contributed by atoms with Gasteiger partial charge in [0.25, 0.3) is 0 Å². The molecule has 2 aliphatic rings.